The minimum absolute atomic E-state index is 0.0250. The highest BCUT2D eigenvalue weighted by molar-refractivity contribution is 5.73. The molecule has 0 aliphatic heterocycles. The van der Waals surface area contributed by atoms with Crippen molar-refractivity contribution >= 4 is 6.21 Å². The van der Waals surface area contributed by atoms with Gasteiger partial charge in [0.25, 0.3) is 0 Å². The van der Waals surface area contributed by atoms with Gasteiger partial charge in [0.15, 0.2) is 0 Å². The summed E-state index contributed by atoms with van der Waals surface area (Å²) in [5.41, 5.74) is 0.308. The first kappa shape index (κ1) is 10.6. The lowest BCUT2D eigenvalue weighted by atomic mass is 10.1. The molecule has 0 atom stereocenters. The molecule has 68 valence electrons. The molecular weight excluding hydrogens is 158 g/mol. The van der Waals surface area contributed by atoms with Crippen LogP contribution in [-0.4, -0.2) is 18.2 Å². The largest absolute Gasteiger partial charge is 0.386 e. The Morgan fingerprint density at radius 2 is 2.17 bits per heavy atom. The first-order chi connectivity index (χ1) is 5.54. The van der Waals surface area contributed by atoms with Crippen LogP contribution in [-0.2, 0) is 0 Å². The summed E-state index contributed by atoms with van der Waals surface area (Å²) in [6, 6.07) is 0. The first-order valence-electron chi connectivity index (χ1n) is 3.61. The van der Waals surface area contributed by atoms with E-state index in [2.05, 4.69) is 5.32 Å². The molecule has 0 radical (unpaired) electrons. The molecule has 12 heavy (non-hydrogen) atoms. The highest BCUT2D eigenvalue weighted by atomic mass is 16.6. The topological polar surface area (TPSA) is 79.0 Å². The van der Waals surface area contributed by atoms with Crippen molar-refractivity contribution in [3.05, 3.63) is 21.5 Å². The van der Waals surface area contributed by atoms with Crippen molar-refractivity contribution in [2.75, 3.05) is 7.05 Å². The Kier molecular flexibility index (Phi) is 3.96. The zero-order chi connectivity index (χ0) is 9.72. The van der Waals surface area contributed by atoms with Gasteiger partial charge in [-0.25, -0.2) is 0 Å². The van der Waals surface area contributed by atoms with E-state index in [0.717, 1.165) is 6.21 Å². The number of nitrogens with zero attached hydrogens (tertiary/aromatic N) is 1. The number of nitro groups is 1. The molecule has 5 nitrogen and oxygen atoms in total. The molecule has 0 aliphatic carbocycles. The van der Waals surface area contributed by atoms with Gasteiger partial charge in [0.1, 0.15) is 0 Å². The molecule has 0 saturated carbocycles. The van der Waals surface area contributed by atoms with Crippen LogP contribution in [0.5, 0.6) is 0 Å². The lowest BCUT2D eigenvalue weighted by Crippen LogP contribution is -2.18. The summed E-state index contributed by atoms with van der Waals surface area (Å²) in [5, 5.41) is 20.0. The molecular formula is C7H13N3O2. The molecule has 5 heteroatoms. The van der Waals surface area contributed by atoms with Crippen LogP contribution in [0.3, 0.4) is 0 Å². The zero-order valence-electron chi connectivity index (χ0n) is 7.42. The maximum absolute atomic E-state index is 10.4. The number of nitrogens with one attached hydrogen (secondary N) is 2. The predicted molar refractivity (Wildman–Crippen MR) is 46.7 cm³/mol. The third kappa shape index (κ3) is 2.34. The van der Waals surface area contributed by atoms with Crippen LogP contribution in [0.25, 0.3) is 0 Å². The molecule has 0 bridgehead atoms. The van der Waals surface area contributed by atoms with Crippen molar-refractivity contribution in [3.8, 4) is 0 Å². The van der Waals surface area contributed by atoms with Crippen molar-refractivity contribution < 1.29 is 4.92 Å². The van der Waals surface area contributed by atoms with Crippen LogP contribution in [0.4, 0.5) is 0 Å². The van der Waals surface area contributed by atoms with E-state index in [-0.39, 0.29) is 11.6 Å². The summed E-state index contributed by atoms with van der Waals surface area (Å²) in [7, 11) is 1.61. The molecule has 0 aromatic heterocycles. The van der Waals surface area contributed by atoms with E-state index in [9.17, 15) is 10.1 Å². The van der Waals surface area contributed by atoms with Crippen LogP contribution in [0, 0.1) is 21.4 Å². The fourth-order valence-electron chi connectivity index (χ4n) is 0.941. The highest BCUT2D eigenvalue weighted by Gasteiger charge is 2.16. The summed E-state index contributed by atoms with van der Waals surface area (Å²) in [5.74, 6) is 0.0250. The molecule has 2 N–H and O–H groups in total. The van der Waals surface area contributed by atoms with E-state index < -0.39 is 4.92 Å². The van der Waals surface area contributed by atoms with Crippen molar-refractivity contribution in [1.29, 1.82) is 5.41 Å². The zero-order valence-corrected chi connectivity index (χ0v) is 7.42. The summed E-state index contributed by atoms with van der Waals surface area (Å²) in [4.78, 5) is 9.84. The van der Waals surface area contributed by atoms with Crippen LogP contribution in [0.1, 0.15) is 13.8 Å². The second-order valence-corrected chi connectivity index (χ2v) is 2.61. The van der Waals surface area contributed by atoms with Crippen molar-refractivity contribution in [2.45, 2.75) is 13.8 Å². The normalized spacial score (nSPS) is 12.3. The molecule has 0 saturated heterocycles. The number of hydrogen-bond acceptors (Lipinski definition) is 4. The Labute approximate surface area is 71.1 Å². The molecule has 0 aliphatic rings. The fraction of sp³-hybridized carbons (Fsp3) is 0.571. The molecule has 0 unspecified atom stereocenters. The smallest absolute Gasteiger partial charge is 0.305 e. The van der Waals surface area contributed by atoms with Gasteiger partial charge in [-0.1, -0.05) is 13.8 Å². The Morgan fingerprint density at radius 3 is 2.25 bits per heavy atom. The Bertz CT molecular complexity index is 221. The van der Waals surface area contributed by atoms with Gasteiger partial charge in [-0.05, 0) is 5.92 Å². The summed E-state index contributed by atoms with van der Waals surface area (Å²) < 4.78 is 0. The van der Waals surface area contributed by atoms with Crippen LogP contribution >= 0.6 is 0 Å². The Balaban J connectivity index is 5.01. The molecule has 0 rings (SSSR count). The van der Waals surface area contributed by atoms with Crippen LogP contribution in [0.15, 0.2) is 11.4 Å². The predicted octanol–water partition coefficient (Wildman–Crippen LogP) is 1.000. The average Bonchev–Trinajstić information content (AvgIpc) is 1.98. The molecule has 0 heterocycles. The van der Waals surface area contributed by atoms with Gasteiger partial charge in [-0.2, -0.15) is 0 Å². The summed E-state index contributed by atoms with van der Waals surface area (Å²) in [6.45, 7) is 3.66. The van der Waals surface area contributed by atoms with Crippen LogP contribution < -0.4 is 5.32 Å². The van der Waals surface area contributed by atoms with Gasteiger partial charge in [-0.3, -0.25) is 10.1 Å². The van der Waals surface area contributed by atoms with E-state index in [1.54, 1.807) is 7.05 Å². The van der Waals surface area contributed by atoms with E-state index >= 15 is 0 Å². The Hall–Kier alpha value is -1.39. The summed E-state index contributed by atoms with van der Waals surface area (Å²) in [6.07, 6.45) is 0.756. The molecule has 0 spiro atoms. The van der Waals surface area contributed by atoms with Gasteiger partial charge in [0.2, 0.25) is 0 Å². The van der Waals surface area contributed by atoms with Gasteiger partial charge in [0.05, 0.1) is 16.8 Å². The summed E-state index contributed by atoms with van der Waals surface area (Å²) >= 11 is 0. The Morgan fingerprint density at radius 1 is 1.67 bits per heavy atom. The van der Waals surface area contributed by atoms with E-state index in [4.69, 9.17) is 5.41 Å². The molecule has 0 amide bonds. The molecule has 0 aromatic rings. The third-order valence-electron chi connectivity index (χ3n) is 1.46. The second kappa shape index (κ2) is 4.48. The van der Waals surface area contributed by atoms with E-state index in [0.29, 0.717) is 5.70 Å². The standard InChI is InChI=1S/C7H13N3O2/c1-5(2)7(9-3)6(4-8)10(11)12/h4-5,8-9H,1-3H3/b7-6+,8-4?. The first-order valence-corrected chi connectivity index (χ1v) is 3.61. The lowest BCUT2D eigenvalue weighted by Gasteiger charge is -2.08. The molecule has 0 fully saturated rings. The average molecular weight is 171 g/mol. The van der Waals surface area contributed by atoms with Gasteiger partial charge < -0.3 is 10.7 Å². The minimum Gasteiger partial charge on any atom is -0.386 e. The fourth-order valence-corrected chi connectivity index (χ4v) is 0.941. The van der Waals surface area contributed by atoms with Gasteiger partial charge in [-0.15, -0.1) is 0 Å². The van der Waals surface area contributed by atoms with Crippen molar-refractivity contribution in [3.63, 3.8) is 0 Å². The van der Waals surface area contributed by atoms with Crippen molar-refractivity contribution in [2.24, 2.45) is 5.92 Å². The van der Waals surface area contributed by atoms with Gasteiger partial charge in [0, 0.05) is 7.05 Å². The lowest BCUT2D eigenvalue weighted by molar-refractivity contribution is -0.416. The second-order valence-electron chi connectivity index (χ2n) is 2.61. The number of hydrogen-bond donors (Lipinski definition) is 2. The maximum atomic E-state index is 10.4. The van der Waals surface area contributed by atoms with E-state index in [1.165, 1.54) is 0 Å². The van der Waals surface area contributed by atoms with Gasteiger partial charge >= 0.3 is 5.70 Å². The number of allylic oxidation sites excluding steroid dienone is 2. The SMILES string of the molecule is CN/C(=C(\C=N)[N+](=O)[O-])C(C)C. The quantitative estimate of drug-likeness (QED) is 0.376. The van der Waals surface area contributed by atoms with E-state index in [1.807, 2.05) is 13.8 Å². The third-order valence-corrected chi connectivity index (χ3v) is 1.46. The monoisotopic (exact) mass is 171 g/mol. The molecule has 0 aromatic carbocycles. The van der Waals surface area contributed by atoms with Crippen molar-refractivity contribution in [1.82, 2.24) is 5.32 Å². The van der Waals surface area contributed by atoms with Crippen LogP contribution in [0.2, 0.25) is 0 Å². The maximum Gasteiger partial charge on any atom is 0.305 e. The minimum atomic E-state index is -0.557. The highest BCUT2D eigenvalue weighted by Crippen LogP contribution is 2.10. The number of rotatable bonds is 4.